The highest BCUT2D eigenvalue weighted by Gasteiger charge is 2.27. The average Bonchev–Trinajstić information content (AvgIpc) is 2.64. The molecule has 0 aromatic carbocycles. The Kier molecular flexibility index (Phi) is 5.86. The number of hydrogen-bond acceptors (Lipinski definition) is 4. The van der Waals surface area contributed by atoms with Crippen LogP contribution in [0.25, 0.3) is 0 Å². The molecule has 1 aliphatic rings. The van der Waals surface area contributed by atoms with Crippen molar-refractivity contribution < 1.29 is 5.11 Å². The van der Waals surface area contributed by atoms with Crippen LogP contribution in [-0.2, 0) is 0 Å². The molecule has 4 heteroatoms. The molecule has 0 spiro atoms. The zero-order chi connectivity index (χ0) is 12.9. The molecule has 1 saturated heterocycles. The van der Waals surface area contributed by atoms with E-state index in [0.717, 1.165) is 19.6 Å². The zero-order valence-corrected chi connectivity index (χ0v) is 11.9. The molecule has 1 aliphatic heterocycles. The van der Waals surface area contributed by atoms with Gasteiger partial charge in [-0.25, -0.2) is 0 Å². The Morgan fingerprint density at radius 3 is 2.71 bits per heavy atom. The molecule has 0 aromatic rings. The van der Waals surface area contributed by atoms with Gasteiger partial charge in [-0.2, -0.15) is 0 Å². The molecule has 2 unspecified atom stereocenters. The quantitative estimate of drug-likeness (QED) is 0.678. The molecule has 0 amide bonds. The number of nitrogens with zero attached hydrogens (tertiary/aromatic N) is 2. The van der Waals surface area contributed by atoms with Gasteiger partial charge in [-0.05, 0) is 47.0 Å². The van der Waals surface area contributed by atoms with E-state index in [2.05, 4.69) is 43.1 Å². The third kappa shape index (κ3) is 4.54. The van der Waals surface area contributed by atoms with E-state index in [0.29, 0.717) is 6.04 Å². The standard InChI is InChI=1S/C13H29N3O/c1-5-14-13(2,11-17)10-15(3)9-12-7-6-8-16(12)4/h12,14,17H,5-11H2,1-4H3. The molecule has 1 fully saturated rings. The first-order valence-electron chi connectivity index (χ1n) is 6.75. The number of hydrogen-bond donors (Lipinski definition) is 2. The topological polar surface area (TPSA) is 38.7 Å². The van der Waals surface area contributed by atoms with Gasteiger partial charge in [0.1, 0.15) is 0 Å². The van der Waals surface area contributed by atoms with Gasteiger partial charge in [0.15, 0.2) is 0 Å². The highest BCUT2D eigenvalue weighted by Crippen LogP contribution is 2.16. The van der Waals surface area contributed by atoms with Gasteiger partial charge in [0.05, 0.1) is 12.1 Å². The van der Waals surface area contributed by atoms with Crippen LogP contribution in [0.4, 0.5) is 0 Å². The van der Waals surface area contributed by atoms with E-state index in [9.17, 15) is 5.11 Å². The lowest BCUT2D eigenvalue weighted by Crippen LogP contribution is -2.54. The highest BCUT2D eigenvalue weighted by molar-refractivity contribution is 4.87. The van der Waals surface area contributed by atoms with E-state index in [1.165, 1.54) is 19.4 Å². The van der Waals surface area contributed by atoms with Crippen molar-refractivity contribution in [1.29, 1.82) is 0 Å². The van der Waals surface area contributed by atoms with Gasteiger partial charge >= 0.3 is 0 Å². The van der Waals surface area contributed by atoms with Crippen molar-refractivity contribution in [2.24, 2.45) is 0 Å². The molecule has 0 bridgehead atoms. The van der Waals surface area contributed by atoms with Crippen LogP contribution in [-0.4, -0.2) is 73.4 Å². The molecule has 0 saturated carbocycles. The van der Waals surface area contributed by atoms with E-state index < -0.39 is 0 Å². The largest absolute Gasteiger partial charge is 0.394 e. The van der Waals surface area contributed by atoms with Crippen molar-refractivity contribution in [2.75, 3.05) is 46.9 Å². The monoisotopic (exact) mass is 243 g/mol. The fourth-order valence-electron chi connectivity index (χ4n) is 2.82. The first-order chi connectivity index (χ1) is 8.00. The first-order valence-corrected chi connectivity index (χ1v) is 6.75. The summed E-state index contributed by atoms with van der Waals surface area (Å²) in [4.78, 5) is 4.78. The molecule has 0 radical (unpaired) electrons. The molecular weight excluding hydrogens is 214 g/mol. The predicted molar refractivity (Wildman–Crippen MR) is 72.3 cm³/mol. The molecule has 2 atom stereocenters. The maximum Gasteiger partial charge on any atom is 0.0623 e. The van der Waals surface area contributed by atoms with Crippen molar-refractivity contribution >= 4 is 0 Å². The third-order valence-corrected chi connectivity index (χ3v) is 3.77. The summed E-state index contributed by atoms with van der Waals surface area (Å²) in [7, 11) is 4.36. The summed E-state index contributed by atoms with van der Waals surface area (Å²) >= 11 is 0. The third-order valence-electron chi connectivity index (χ3n) is 3.77. The van der Waals surface area contributed by atoms with Crippen LogP contribution in [0.1, 0.15) is 26.7 Å². The molecule has 1 rings (SSSR count). The van der Waals surface area contributed by atoms with E-state index in [1.54, 1.807) is 0 Å². The smallest absolute Gasteiger partial charge is 0.0623 e. The Labute approximate surface area is 106 Å². The Balaban J connectivity index is 2.39. The molecule has 102 valence electrons. The SMILES string of the molecule is CCNC(C)(CO)CN(C)CC1CCCN1C. The lowest BCUT2D eigenvalue weighted by molar-refractivity contribution is 0.120. The lowest BCUT2D eigenvalue weighted by Gasteiger charge is -2.35. The molecular formula is C13H29N3O. The summed E-state index contributed by atoms with van der Waals surface area (Å²) in [6.45, 7) is 8.46. The van der Waals surface area contributed by atoms with E-state index in [-0.39, 0.29) is 12.1 Å². The van der Waals surface area contributed by atoms with Gasteiger partial charge in [-0.3, -0.25) is 0 Å². The van der Waals surface area contributed by atoms with Crippen molar-refractivity contribution in [3.8, 4) is 0 Å². The van der Waals surface area contributed by atoms with Crippen molar-refractivity contribution in [1.82, 2.24) is 15.1 Å². The summed E-state index contributed by atoms with van der Waals surface area (Å²) in [5.74, 6) is 0. The number of nitrogens with one attached hydrogen (secondary N) is 1. The number of aliphatic hydroxyl groups excluding tert-OH is 1. The fourth-order valence-corrected chi connectivity index (χ4v) is 2.82. The summed E-state index contributed by atoms with van der Waals surface area (Å²) < 4.78 is 0. The molecule has 0 aliphatic carbocycles. The van der Waals surface area contributed by atoms with Gasteiger partial charge in [0, 0.05) is 19.1 Å². The Morgan fingerprint density at radius 2 is 2.24 bits per heavy atom. The Morgan fingerprint density at radius 1 is 1.53 bits per heavy atom. The molecule has 4 nitrogen and oxygen atoms in total. The second-order valence-electron chi connectivity index (χ2n) is 5.72. The van der Waals surface area contributed by atoms with E-state index in [4.69, 9.17) is 0 Å². The fraction of sp³-hybridized carbons (Fsp3) is 1.00. The number of rotatable bonds is 7. The van der Waals surface area contributed by atoms with E-state index >= 15 is 0 Å². The van der Waals surface area contributed by atoms with Crippen LogP contribution in [0.15, 0.2) is 0 Å². The number of likely N-dealkylation sites (tertiary alicyclic amines) is 1. The van der Waals surface area contributed by atoms with E-state index in [1.807, 2.05) is 0 Å². The number of likely N-dealkylation sites (N-methyl/N-ethyl adjacent to an activating group) is 3. The first kappa shape index (κ1) is 14.9. The summed E-state index contributed by atoms with van der Waals surface area (Å²) in [6.07, 6.45) is 2.62. The number of aliphatic hydroxyl groups is 1. The molecule has 2 N–H and O–H groups in total. The van der Waals surface area contributed by atoms with Gasteiger partial charge in [0.25, 0.3) is 0 Å². The molecule has 1 heterocycles. The average molecular weight is 243 g/mol. The summed E-state index contributed by atoms with van der Waals surface area (Å²) in [5.41, 5.74) is -0.180. The summed E-state index contributed by atoms with van der Waals surface area (Å²) in [6, 6.07) is 0.685. The Bertz CT molecular complexity index is 225. The Hall–Kier alpha value is -0.160. The zero-order valence-electron chi connectivity index (χ0n) is 11.9. The molecule has 0 aromatic heterocycles. The second kappa shape index (κ2) is 6.69. The summed E-state index contributed by atoms with van der Waals surface area (Å²) in [5, 5.41) is 12.8. The van der Waals surface area contributed by atoms with Gasteiger partial charge in [0.2, 0.25) is 0 Å². The minimum absolute atomic E-state index is 0.180. The second-order valence-corrected chi connectivity index (χ2v) is 5.72. The maximum atomic E-state index is 9.48. The lowest BCUT2D eigenvalue weighted by atomic mass is 10.0. The van der Waals surface area contributed by atoms with Crippen LogP contribution < -0.4 is 5.32 Å². The van der Waals surface area contributed by atoms with Gasteiger partial charge in [-0.1, -0.05) is 6.92 Å². The van der Waals surface area contributed by atoms with Crippen LogP contribution in [0, 0.1) is 0 Å². The maximum absolute atomic E-state index is 9.48. The normalized spacial score (nSPS) is 25.4. The van der Waals surface area contributed by atoms with Gasteiger partial charge < -0.3 is 20.2 Å². The van der Waals surface area contributed by atoms with Crippen LogP contribution in [0.2, 0.25) is 0 Å². The highest BCUT2D eigenvalue weighted by atomic mass is 16.3. The van der Waals surface area contributed by atoms with Crippen molar-refractivity contribution in [3.05, 3.63) is 0 Å². The van der Waals surface area contributed by atoms with Crippen LogP contribution >= 0.6 is 0 Å². The minimum atomic E-state index is -0.180. The predicted octanol–water partition coefficient (Wildman–Crippen LogP) is 0.373. The van der Waals surface area contributed by atoms with Gasteiger partial charge in [-0.15, -0.1) is 0 Å². The van der Waals surface area contributed by atoms with Crippen molar-refractivity contribution in [3.63, 3.8) is 0 Å². The minimum Gasteiger partial charge on any atom is -0.394 e. The molecule has 17 heavy (non-hydrogen) atoms. The van der Waals surface area contributed by atoms with Crippen molar-refractivity contribution in [2.45, 2.75) is 38.3 Å². The van der Waals surface area contributed by atoms with Crippen LogP contribution in [0.3, 0.4) is 0 Å². The van der Waals surface area contributed by atoms with Crippen LogP contribution in [0.5, 0.6) is 0 Å².